The molecule has 1 N–H and O–H groups in total. The summed E-state index contributed by atoms with van der Waals surface area (Å²) in [6.07, 6.45) is -4.33. The molecular formula is C25H24F3N3O. The minimum atomic E-state index is -4.33. The van der Waals surface area contributed by atoms with Crippen molar-refractivity contribution in [1.29, 1.82) is 0 Å². The average molecular weight is 439 g/mol. The van der Waals surface area contributed by atoms with E-state index in [-0.39, 0.29) is 5.91 Å². The Kier molecular flexibility index (Phi) is 6.35. The maximum atomic E-state index is 12.8. The van der Waals surface area contributed by atoms with E-state index in [0.717, 1.165) is 36.5 Å². The number of para-hydroxylation sites is 1. The number of halogens is 3. The number of carbonyl (C=O) groups excluding carboxylic acids is 1. The number of anilines is 2. The minimum absolute atomic E-state index is 0.00648. The van der Waals surface area contributed by atoms with E-state index in [1.807, 2.05) is 35.2 Å². The fourth-order valence-corrected chi connectivity index (χ4v) is 3.74. The lowest BCUT2D eigenvalue weighted by molar-refractivity contribution is -0.137. The molecule has 4 nitrogen and oxygen atoms in total. The largest absolute Gasteiger partial charge is 0.416 e. The molecular weight excluding hydrogens is 415 g/mol. The minimum Gasteiger partial charge on any atom is -0.381 e. The average Bonchev–Trinajstić information content (AvgIpc) is 2.83. The van der Waals surface area contributed by atoms with Crippen LogP contribution in [-0.2, 0) is 12.7 Å². The molecule has 0 atom stereocenters. The summed E-state index contributed by atoms with van der Waals surface area (Å²) in [6.45, 7) is 3.32. The van der Waals surface area contributed by atoms with Crippen LogP contribution in [0.5, 0.6) is 0 Å². The maximum Gasteiger partial charge on any atom is 0.416 e. The zero-order chi connectivity index (χ0) is 22.6. The molecule has 0 unspecified atom stereocenters. The lowest BCUT2D eigenvalue weighted by Gasteiger charge is -2.36. The van der Waals surface area contributed by atoms with E-state index in [1.54, 1.807) is 12.1 Å². The Morgan fingerprint density at radius 2 is 1.44 bits per heavy atom. The molecule has 1 amide bonds. The van der Waals surface area contributed by atoms with Crippen molar-refractivity contribution >= 4 is 17.3 Å². The number of hydrogen-bond acceptors (Lipinski definition) is 3. The third-order valence-electron chi connectivity index (χ3n) is 5.60. The van der Waals surface area contributed by atoms with Gasteiger partial charge in [-0.15, -0.1) is 0 Å². The maximum absolute atomic E-state index is 12.8. The Morgan fingerprint density at radius 3 is 2.03 bits per heavy atom. The summed E-state index contributed by atoms with van der Waals surface area (Å²) in [5, 5.41) is 3.18. The van der Waals surface area contributed by atoms with E-state index >= 15 is 0 Å². The topological polar surface area (TPSA) is 35.6 Å². The molecule has 32 heavy (non-hydrogen) atoms. The van der Waals surface area contributed by atoms with Crippen molar-refractivity contribution in [3.05, 3.63) is 95.6 Å². The summed E-state index contributed by atoms with van der Waals surface area (Å²) < 4.78 is 38.0. The molecule has 0 radical (unpaired) electrons. The van der Waals surface area contributed by atoms with Crippen LogP contribution in [0.2, 0.25) is 0 Å². The van der Waals surface area contributed by atoms with Gasteiger partial charge in [-0.3, -0.25) is 4.79 Å². The Labute approximate surface area is 185 Å². The summed E-state index contributed by atoms with van der Waals surface area (Å²) in [5.41, 5.74) is 2.68. The van der Waals surface area contributed by atoms with Gasteiger partial charge in [0.2, 0.25) is 0 Å². The second-order valence-electron chi connectivity index (χ2n) is 7.74. The molecule has 0 bridgehead atoms. The molecule has 3 aromatic rings. The Bertz CT molecular complexity index is 1030. The molecule has 1 saturated heterocycles. The number of alkyl halides is 3. The van der Waals surface area contributed by atoms with Crippen LogP contribution >= 0.6 is 0 Å². The Hall–Kier alpha value is -3.48. The predicted octanol–water partition coefficient (Wildman–Crippen LogP) is 5.28. The number of carbonyl (C=O) groups is 1. The second kappa shape index (κ2) is 9.34. The van der Waals surface area contributed by atoms with Crippen LogP contribution in [0.4, 0.5) is 24.5 Å². The van der Waals surface area contributed by atoms with Crippen LogP contribution in [0.1, 0.15) is 21.5 Å². The standard InChI is InChI=1S/C25H24F3N3O/c26-25(27,28)21-10-6-19(7-11-21)18-29-22-12-8-20(9-13-22)24(32)31-16-14-30(15-17-31)23-4-2-1-3-5-23/h1-13,29H,14-18H2. The molecule has 0 aliphatic carbocycles. The van der Waals surface area contributed by atoms with Gasteiger partial charge in [-0.25, -0.2) is 0 Å². The van der Waals surface area contributed by atoms with Gasteiger partial charge in [-0.05, 0) is 54.1 Å². The van der Waals surface area contributed by atoms with Crippen LogP contribution < -0.4 is 10.2 Å². The fourth-order valence-electron chi connectivity index (χ4n) is 3.74. The molecule has 1 aliphatic heterocycles. The molecule has 4 rings (SSSR count). The van der Waals surface area contributed by atoms with Gasteiger partial charge in [0, 0.05) is 49.7 Å². The number of benzene rings is 3. The predicted molar refractivity (Wildman–Crippen MR) is 120 cm³/mol. The van der Waals surface area contributed by atoms with Gasteiger partial charge < -0.3 is 15.1 Å². The summed E-state index contributed by atoms with van der Waals surface area (Å²) >= 11 is 0. The highest BCUT2D eigenvalue weighted by molar-refractivity contribution is 5.94. The Morgan fingerprint density at radius 1 is 0.812 bits per heavy atom. The SMILES string of the molecule is O=C(c1ccc(NCc2ccc(C(F)(F)F)cc2)cc1)N1CCN(c2ccccc2)CC1. The fraction of sp³-hybridized carbons (Fsp3) is 0.240. The normalized spacial score (nSPS) is 14.3. The molecule has 1 aliphatic rings. The van der Waals surface area contributed by atoms with Gasteiger partial charge in [0.05, 0.1) is 5.56 Å². The van der Waals surface area contributed by atoms with Gasteiger partial charge in [0.15, 0.2) is 0 Å². The number of nitrogens with one attached hydrogen (secondary N) is 1. The molecule has 166 valence electrons. The summed E-state index contributed by atoms with van der Waals surface area (Å²) in [4.78, 5) is 17.0. The Balaban J connectivity index is 1.29. The molecule has 0 aromatic heterocycles. The summed E-state index contributed by atoms with van der Waals surface area (Å²) in [7, 11) is 0. The van der Waals surface area contributed by atoms with E-state index < -0.39 is 11.7 Å². The van der Waals surface area contributed by atoms with Crippen LogP contribution in [0, 0.1) is 0 Å². The summed E-state index contributed by atoms with van der Waals surface area (Å²) in [6, 6.07) is 22.4. The molecule has 1 heterocycles. The van der Waals surface area contributed by atoms with Gasteiger partial charge in [-0.2, -0.15) is 13.2 Å². The molecule has 3 aromatic carbocycles. The van der Waals surface area contributed by atoms with Crippen molar-refractivity contribution in [2.75, 3.05) is 36.4 Å². The van der Waals surface area contributed by atoms with Gasteiger partial charge >= 0.3 is 6.18 Å². The van der Waals surface area contributed by atoms with Gasteiger partial charge in [0.1, 0.15) is 0 Å². The monoisotopic (exact) mass is 439 g/mol. The van der Waals surface area contributed by atoms with Crippen molar-refractivity contribution in [3.63, 3.8) is 0 Å². The van der Waals surface area contributed by atoms with E-state index in [1.165, 1.54) is 17.8 Å². The molecule has 0 spiro atoms. The second-order valence-corrected chi connectivity index (χ2v) is 7.74. The lowest BCUT2D eigenvalue weighted by Crippen LogP contribution is -2.48. The van der Waals surface area contributed by atoms with E-state index in [0.29, 0.717) is 25.2 Å². The molecule has 7 heteroatoms. The van der Waals surface area contributed by atoms with Crippen LogP contribution in [0.3, 0.4) is 0 Å². The number of nitrogens with zero attached hydrogens (tertiary/aromatic N) is 2. The van der Waals surface area contributed by atoms with E-state index in [4.69, 9.17) is 0 Å². The van der Waals surface area contributed by atoms with Gasteiger partial charge in [-0.1, -0.05) is 30.3 Å². The first-order chi connectivity index (χ1) is 15.4. The zero-order valence-corrected chi connectivity index (χ0v) is 17.5. The highest BCUT2D eigenvalue weighted by Gasteiger charge is 2.29. The number of rotatable bonds is 5. The van der Waals surface area contributed by atoms with Crippen molar-refractivity contribution in [1.82, 2.24) is 4.90 Å². The molecule has 1 fully saturated rings. The third kappa shape index (κ3) is 5.22. The van der Waals surface area contributed by atoms with Crippen LogP contribution in [0.25, 0.3) is 0 Å². The van der Waals surface area contributed by atoms with Crippen molar-refractivity contribution in [2.24, 2.45) is 0 Å². The smallest absolute Gasteiger partial charge is 0.381 e. The van der Waals surface area contributed by atoms with Crippen molar-refractivity contribution in [2.45, 2.75) is 12.7 Å². The highest BCUT2D eigenvalue weighted by atomic mass is 19.4. The first-order valence-electron chi connectivity index (χ1n) is 10.5. The van der Waals surface area contributed by atoms with Crippen molar-refractivity contribution in [3.8, 4) is 0 Å². The van der Waals surface area contributed by atoms with E-state index in [2.05, 4.69) is 22.3 Å². The zero-order valence-electron chi connectivity index (χ0n) is 17.5. The van der Waals surface area contributed by atoms with Crippen LogP contribution in [0.15, 0.2) is 78.9 Å². The third-order valence-corrected chi connectivity index (χ3v) is 5.60. The summed E-state index contributed by atoms with van der Waals surface area (Å²) in [5.74, 6) is 0.00648. The van der Waals surface area contributed by atoms with E-state index in [9.17, 15) is 18.0 Å². The molecule has 0 saturated carbocycles. The quantitative estimate of drug-likeness (QED) is 0.588. The highest BCUT2D eigenvalue weighted by Crippen LogP contribution is 2.29. The van der Waals surface area contributed by atoms with Crippen molar-refractivity contribution < 1.29 is 18.0 Å². The lowest BCUT2D eigenvalue weighted by atomic mass is 10.1. The van der Waals surface area contributed by atoms with Gasteiger partial charge in [0.25, 0.3) is 5.91 Å². The first-order valence-corrected chi connectivity index (χ1v) is 10.5. The number of hydrogen-bond donors (Lipinski definition) is 1. The van der Waals surface area contributed by atoms with Crippen LogP contribution in [-0.4, -0.2) is 37.0 Å². The first kappa shape index (κ1) is 21.7. The number of piperazine rings is 1. The number of amides is 1.